The van der Waals surface area contributed by atoms with E-state index in [4.69, 9.17) is 31.8 Å². The van der Waals surface area contributed by atoms with E-state index in [0.717, 1.165) is 17.2 Å². The Hall–Kier alpha value is -3.40. The molecule has 0 atom stereocenters. The van der Waals surface area contributed by atoms with Gasteiger partial charge in [0.2, 0.25) is 0 Å². The van der Waals surface area contributed by atoms with Gasteiger partial charge in [-0.1, -0.05) is 49.4 Å². The number of carboxylic acid groups (broad SMARTS) is 1. The largest absolute Gasteiger partial charge is 0.496 e. The normalized spacial score (nSPS) is 11.7. The Morgan fingerprint density at radius 1 is 1.14 bits per heavy atom. The van der Waals surface area contributed by atoms with Crippen molar-refractivity contribution in [3.05, 3.63) is 59.5 Å². The highest BCUT2D eigenvalue weighted by atomic mass is 35.5. The Kier molecular flexibility index (Phi) is 7.35. The number of fused-ring (bicyclic) bond motifs is 1. The maximum atomic E-state index is 11.6. The monoisotopic (exact) mass is 524 g/mol. The van der Waals surface area contributed by atoms with Gasteiger partial charge in [0.05, 0.1) is 12.1 Å². The number of pyridine rings is 2. The zero-order valence-corrected chi connectivity index (χ0v) is 22.5. The number of hydrogen-bond donors (Lipinski definition) is 2. The quantitative estimate of drug-likeness (QED) is 0.203. The second kappa shape index (κ2) is 10.3. The number of carboxylic acids is 1. The van der Waals surface area contributed by atoms with E-state index in [1.165, 1.54) is 12.3 Å². The predicted molar refractivity (Wildman–Crippen MR) is 145 cm³/mol. The van der Waals surface area contributed by atoms with Gasteiger partial charge < -0.3 is 24.9 Å². The first-order chi connectivity index (χ1) is 17.1. The van der Waals surface area contributed by atoms with Crippen LogP contribution >= 0.6 is 11.6 Å². The van der Waals surface area contributed by atoms with Crippen molar-refractivity contribution in [1.82, 2.24) is 14.5 Å². The van der Waals surface area contributed by atoms with Crippen molar-refractivity contribution in [3.63, 3.8) is 0 Å². The van der Waals surface area contributed by atoms with Crippen molar-refractivity contribution in [3.8, 4) is 28.0 Å². The van der Waals surface area contributed by atoms with Crippen molar-refractivity contribution in [2.75, 3.05) is 19.5 Å². The molecule has 1 aromatic carbocycles. The van der Waals surface area contributed by atoms with E-state index in [9.17, 15) is 9.90 Å². The first-order valence-corrected chi connectivity index (χ1v) is 15.6. The number of aromatic carboxylic acids is 1. The third-order valence-corrected chi connectivity index (χ3v) is 8.00. The molecule has 0 aliphatic carbocycles. The van der Waals surface area contributed by atoms with Gasteiger partial charge in [0.25, 0.3) is 0 Å². The number of ether oxygens (including phenoxy) is 2. The summed E-state index contributed by atoms with van der Waals surface area (Å²) in [7, 11) is 0.397. The zero-order valence-electron chi connectivity index (χ0n) is 20.7. The van der Waals surface area contributed by atoms with Crippen LogP contribution in [-0.2, 0) is 11.5 Å². The van der Waals surface area contributed by atoms with Gasteiger partial charge in [-0.3, -0.25) is 0 Å². The number of carbonyl (C=O) groups is 1. The fraction of sp³-hybridized carbons (Fsp3) is 0.269. The van der Waals surface area contributed by atoms with Gasteiger partial charge in [-0.15, -0.1) is 0 Å². The first-order valence-electron chi connectivity index (χ1n) is 11.5. The van der Waals surface area contributed by atoms with Gasteiger partial charge in [0.1, 0.15) is 29.5 Å². The highest BCUT2D eigenvalue weighted by Gasteiger charge is 2.22. The fourth-order valence-corrected chi connectivity index (χ4v) is 5.02. The molecule has 4 rings (SSSR count). The fourth-order valence-electron chi connectivity index (χ4n) is 3.92. The lowest BCUT2D eigenvalue weighted by atomic mass is 10.0. The summed E-state index contributed by atoms with van der Waals surface area (Å²) in [6.45, 7) is 7.93. The topological polar surface area (TPSA) is 112 Å². The SMILES string of the molecule is COc1ccccc1-c1cn(COCC[Si](C)(C)C)c2ncc(-c3cnc(N)c(C(=O)O)c3)c(Cl)c12. The first kappa shape index (κ1) is 25.7. The van der Waals surface area contributed by atoms with Crippen molar-refractivity contribution in [1.29, 1.82) is 0 Å². The van der Waals surface area contributed by atoms with Crippen LogP contribution in [0.3, 0.4) is 0 Å². The van der Waals surface area contributed by atoms with Crippen LogP contribution < -0.4 is 10.5 Å². The van der Waals surface area contributed by atoms with Gasteiger partial charge in [-0.25, -0.2) is 14.8 Å². The van der Waals surface area contributed by atoms with Crippen LogP contribution in [0.15, 0.2) is 48.9 Å². The summed E-state index contributed by atoms with van der Waals surface area (Å²) in [6.07, 6.45) is 5.08. The van der Waals surface area contributed by atoms with Crippen molar-refractivity contribution in [2.24, 2.45) is 0 Å². The molecule has 3 N–H and O–H groups in total. The molecule has 0 amide bonds. The van der Waals surface area contributed by atoms with Gasteiger partial charge in [-0.2, -0.15) is 0 Å². The van der Waals surface area contributed by atoms with E-state index in [1.807, 2.05) is 35.0 Å². The standard InChI is InChI=1S/C26H29ClN4O4Si/c1-34-21-8-6-5-7-17(21)20-14-31(15-35-9-10-36(2,3)4)25-22(20)23(27)19(13-30-25)16-11-18(26(32)33)24(28)29-12-16/h5-8,11-14H,9-10,15H2,1-4H3,(H2,28,29)(H,32,33). The number of nitrogen functional groups attached to an aromatic ring is 1. The number of nitrogens with two attached hydrogens (primary N) is 1. The van der Waals surface area contributed by atoms with Gasteiger partial charge >= 0.3 is 5.97 Å². The summed E-state index contributed by atoms with van der Waals surface area (Å²) in [5.74, 6) is -0.531. The predicted octanol–water partition coefficient (Wildman–Crippen LogP) is 6.02. The van der Waals surface area contributed by atoms with E-state index in [0.29, 0.717) is 46.3 Å². The number of hydrogen-bond acceptors (Lipinski definition) is 6. The van der Waals surface area contributed by atoms with Gasteiger partial charge in [0, 0.05) is 60.9 Å². The van der Waals surface area contributed by atoms with Crippen LogP contribution in [0.4, 0.5) is 5.82 Å². The number of anilines is 1. The van der Waals surface area contributed by atoms with Crippen LogP contribution in [0, 0.1) is 0 Å². The number of aromatic nitrogens is 3. The number of para-hydroxylation sites is 1. The maximum Gasteiger partial charge on any atom is 0.339 e. The summed E-state index contributed by atoms with van der Waals surface area (Å²) in [6, 6.07) is 10.2. The summed E-state index contributed by atoms with van der Waals surface area (Å²) >= 11 is 7.00. The Morgan fingerprint density at radius 3 is 2.58 bits per heavy atom. The zero-order chi connectivity index (χ0) is 26.0. The number of rotatable bonds is 9. The molecule has 0 spiro atoms. The molecule has 0 saturated heterocycles. The highest BCUT2D eigenvalue weighted by molar-refractivity contribution is 6.76. The molecule has 4 aromatic rings. The summed E-state index contributed by atoms with van der Waals surface area (Å²) in [5, 5.41) is 10.6. The van der Waals surface area contributed by atoms with E-state index in [-0.39, 0.29) is 11.4 Å². The molecule has 0 radical (unpaired) electrons. The lowest BCUT2D eigenvalue weighted by Gasteiger charge is -2.15. The summed E-state index contributed by atoms with van der Waals surface area (Å²) in [5.41, 5.74) is 9.05. The minimum absolute atomic E-state index is 0.0623. The lowest BCUT2D eigenvalue weighted by molar-refractivity contribution is 0.0697. The number of benzene rings is 1. The van der Waals surface area contributed by atoms with Crippen LogP contribution in [0.25, 0.3) is 33.3 Å². The molecule has 0 fully saturated rings. The third kappa shape index (κ3) is 5.23. The van der Waals surface area contributed by atoms with Crippen molar-refractivity contribution < 1.29 is 19.4 Å². The Bertz CT molecular complexity index is 1430. The second-order valence-electron chi connectivity index (χ2n) is 9.71. The average molecular weight is 525 g/mol. The average Bonchev–Trinajstić information content (AvgIpc) is 3.21. The molecule has 0 saturated carbocycles. The molecular formula is C26H29ClN4O4Si. The van der Waals surface area contributed by atoms with Gasteiger partial charge in [-0.05, 0) is 18.2 Å². The van der Waals surface area contributed by atoms with E-state index in [1.54, 1.807) is 13.3 Å². The van der Waals surface area contributed by atoms with Crippen LogP contribution in [0.5, 0.6) is 5.75 Å². The molecule has 0 aliphatic heterocycles. The van der Waals surface area contributed by atoms with E-state index in [2.05, 4.69) is 24.6 Å². The molecule has 188 valence electrons. The summed E-state index contributed by atoms with van der Waals surface area (Å²) < 4.78 is 13.6. The third-order valence-electron chi connectivity index (χ3n) is 5.91. The minimum Gasteiger partial charge on any atom is -0.496 e. The Morgan fingerprint density at radius 2 is 1.89 bits per heavy atom. The molecule has 0 bridgehead atoms. The van der Waals surface area contributed by atoms with Crippen LogP contribution in [-0.4, -0.2) is 47.4 Å². The highest BCUT2D eigenvalue weighted by Crippen LogP contribution is 2.42. The number of nitrogens with zero attached hydrogens (tertiary/aromatic N) is 3. The molecule has 3 heterocycles. The summed E-state index contributed by atoms with van der Waals surface area (Å²) in [4.78, 5) is 20.4. The van der Waals surface area contributed by atoms with Gasteiger partial charge in [0.15, 0.2) is 0 Å². The lowest BCUT2D eigenvalue weighted by Crippen LogP contribution is -2.22. The molecule has 3 aromatic heterocycles. The smallest absolute Gasteiger partial charge is 0.339 e. The molecular weight excluding hydrogens is 496 g/mol. The molecule has 8 nitrogen and oxygen atoms in total. The van der Waals surface area contributed by atoms with E-state index < -0.39 is 14.0 Å². The van der Waals surface area contributed by atoms with E-state index >= 15 is 0 Å². The number of halogens is 1. The van der Waals surface area contributed by atoms with Crippen LogP contribution in [0.1, 0.15) is 10.4 Å². The molecule has 0 unspecified atom stereocenters. The minimum atomic E-state index is -1.22. The van der Waals surface area contributed by atoms with Crippen molar-refractivity contribution in [2.45, 2.75) is 32.4 Å². The Balaban J connectivity index is 1.86. The maximum absolute atomic E-state index is 11.6. The molecule has 36 heavy (non-hydrogen) atoms. The van der Waals surface area contributed by atoms with Crippen molar-refractivity contribution >= 4 is 42.5 Å². The molecule has 0 aliphatic rings. The molecule has 10 heteroatoms. The second-order valence-corrected chi connectivity index (χ2v) is 15.7. The Labute approximate surface area is 215 Å². The number of methoxy groups -OCH3 is 1. The van der Waals surface area contributed by atoms with Crippen LogP contribution in [0.2, 0.25) is 30.7 Å².